The topological polar surface area (TPSA) is 69.6 Å². The van der Waals surface area contributed by atoms with Crippen LogP contribution in [0.1, 0.15) is 31.7 Å². The van der Waals surface area contributed by atoms with Crippen LogP contribution in [0.5, 0.6) is 0 Å². The van der Waals surface area contributed by atoms with Gasteiger partial charge in [-0.3, -0.25) is 14.5 Å². The molecular weight excluding hydrogens is 268 g/mol. The van der Waals surface area contributed by atoms with Crippen molar-refractivity contribution in [2.75, 3.05) is 18.4 Å². The van der Waals surface area contributed by atoms with Crippen LogP contribution in [-0.2, 0) is 16.0 Å². The summed E-state index contributed by atoms with van der Waals surface area (Å²) in [5.41, 5.74) is 2.01. The van der Waals surface area contributed by atoms with Crippen molar-refractivity contribution in [1.82, 2.24) is 4.90 Å². The molecule has 1 amide bonds. The molecule has 0 spiro atoms. The van der Waals surface area contributed by atoms with E-state index >= 15 is 0 Å². The second kappa shape index (κ2) is 7.22. The van der Waals surface area contributed by atoms with Crippen molar-refractivity contribution in [3.8, 4) is 0 Å². The van der Waals surface area contributed by atoms with E-state index < -0.39 is 5.97 Å². The van der Waals surface area contributed by atoms with E-state index in [-0.39, 0.29) is 24.9 Å². The molecule has 1 heterocycles. The van der Waals surface area contributed by atoms with E-state index in [1.165, 1.54) is 5.56 Å². The molecule has 114 valence electrons. The zero-order valence-electron chi connectivity index (χ0n) is 12.3. The fourth-order valence-electron chi connectivity index (χ4n) is 2.74. The largest absolute Gasteiger partial charge is 0.481 e. The average Bonchev–Trinajstić information content (AvgIpc) is 2.86. The molecule has 5 heteroatoms. The number of hydrogen-bond acceptors (Lipinski definition) is 3. The van der Waals surface area contributed by atoms with Crippen LogP contribution in [0, 0.1) is 0 Å². The second-order valence-corrected chi connectivity index (χ2v) is 5.46. The number of hydrogen-bond donors (Lipinski definition) is 2. The quantitative estimate of drug-likeness (QED) is 0.842. The Balaban J connectivity index is 1.87. The Kier molecular flexibility index (Phi) is 5.33. The van der Waals surface area contributed by atoms with Crippen molar-refractivity contribution in [3.63, 3.8) is 0 Å². The van der Waals surface area contributed by atoms with Crippen LogP contribution in [0.4, 0.5) is 5.69 Å². The smallest absolute Gasteiger partial charge is 0.304 e. The maximum Gasteiger partial charge on any atom is 0.304 e. The van der Waals surface area contributed by atoms with Crippen LogP contribution >= 0.6 is 0 Å². The Hall–Kier alpha value is -1.88. The summed E-state index contributed by atoms with van der Waals surface area (Å²) in [5.74, 6) is -0.890. The van der Waals surface area contributed by atoms with E-state index in [4.69, 9.17) is 5.11 Å². The first-order chi connectivity index (χ1) is 10.1. The highest BCUT2D eigenvalue weighted by Crippen LogP contribution is 2.20. The molecule has 21 heavy (non-hydrogen) atoms. The number of anilines is 1. The van der Waals surface area contributed by atoms with Gasteiger partial charge in [0.1, 0.15) is 0 Å². The summed E-state index contributed by atoms with van der Waals surface area (Å²) in [6.07, 6.45) is 2.89. The van der Waals surface area contributed by atoms with Gasteiger partial charge in [-0.2, -0.15) is 0 Å². The maximum absolute atomic E-state index is 12.1. The lowest BCUT2D eigenvalue weighted by Crippen LogP contribution is -2.37. The molecule has 1 aromatic carbocycles. The number of carboxylic acid groups (broad SMARTS) is 1. The number of aliphatic carboxylic acids is 1. The second-order valence-electron chi connectivity index (χ2n) is 5.46. The van der Waals surface area contributed by atoms with E-state index in [0.717, 1.165) is 31.5 Å². The van der Waals surface area contributed by atoms with Crippen LogP contribution in [0.3, 0.4) is 0 Å². The monoisotopic (exact) mass is 290 g/mol. The van der Waals surface area contributed by atoms with Gasteiger partial charge in [0.2, 0.25) is 5.91 Å². The normalized spacial score (nSPS) is 18.6. The number of likely N-dealkylation sites (tertiary alicyclic amines) is 1. The van der Waals surface area contributed by atoms with Crippen molar-refractivity contribution < 1.29 is 14.7 Å². The van der Waals surface area contributed by atoms with E-state index in [9.17, 15) is 9.59 Å². The first kappa shape index (κ1) is 15.5. The highest BCUT2D eigenvalue weighted by atomic mass is 16.4. The molecule has 0 radical (unpaired) electrons. The predicted molar refractivity (Wildman–Crippen MR) is 81.3 cm³/mol. The molecule has 1 aliphatic heterocycles. The highest BCUT2D eigenvalue weighted by Gasteiger charge is 2.27. The summed E-state index contributed by atoms with van der Waals surface area (Å²) >= 11 is 0. The summed E-state index contributed by atoms with van der Waals surface area (Å²) in [5, 5.41) is 11.7. The van der Waals surface area contributed by atoms with Gasteiger partial charge in [-0.25, -0.2) is 0 Å². The minimum Gasteiger partial charge on any atom is -0.481 e. The van der Waals surface area contributed by atoms with Crippen LogP contribution in [0.25, 0.3) is 0 Å². The molecule has 1 atom stereocenters. The van der Waals surface area contributed by atoms with Gasteiger partial charge in [-0.05, 0) is 43.5 Å². The standard InChI is InChI=1S/C16H22N2O3/c1-2-12-5-7-13(8-6-12)17-15(19)11-18-9-3-4-14(18)10-16(20)21/h5-8,14H,2-4,9-11H2,1H3,(H,17,19)(H,20,21). The van der Waals surface area contributed by atoms with Gasteiger partial charge in [-0.15, -0.1) is 0 Å². The third-order valence-corrected chi connectivity index (χ3v) is 3.90. The molecule has 1 unspecified atom stereocenters. The number of benzene rings is 1. The van der Waals surface area contributed by atoms with Gasteiger partial charge in [-0.1, -0.05) is 19.1 Å². The molecule has 1 fully saturated rings. The number of nitrogens with zero attached hydrogens (tertiary/aromatic N) is 1. The SMILES string of the molecule is CCc1ccc(NC(=O)CN2CCCC2CC(=O)O)cc1. The van der Waals surface area contributed by atoms with Gasteiger partial charge in [0, 0.05) is 11.7 Å². The lowest BCUT2D eigenvalue weighted by Gasteiger charge is -2.22. The fraction of sp³-hybridized carbons (Fsp3) is 0.500. The summed E-state index contributed by atoms with van der Waals surface area (Å²) in [6, 6.07) is 7.78. The number of amides is 1. The van der Waals surface area contributed by atoms with E-state index in [1.54, 1.807) is 0 Å². The van der Waals surface area contributed by atoms with Gasteiger partial charge >= 0.3 is 5.97 Å². The van der Waals surface area contributed by atoms with Crippen molar-refractivity contribution >= 4 is 17.6 Å². The summed E-state index contributed by atoms with van der Waals surface area (Å²) < 4.78 is 0. The molecule has 2 N–H and O–H groups in total. The lowest BCUT2D eigenvalue weighted by atomic mass is 10.1. The van der Waals surface area contributed by atoms with E-state index in [1.807, 2.05) is 29.2 Å². The van der Waals surface area contributed by atoms with Crippen LogP contribution in [0.15, 0.2) is 24.3 Å². The zero-order chi connectivity index (χ0) is 15.2. The van der Waals surface area contributed by atoms with E-state index in [0.29, 0.717) is 0 Å². The van der Waals surface area contributed by atoms with Crippen LogP contribution < -0.4 is 5.32 Å². The van der Waals surface area contributed by atoms with Crippen molar-refractivity contribution in [3.05, 3.63) is 29.8 Å². The molecule has 1 aromatic rings. The fourth-order valence-corrected chi connectivity index (χ4v) is 2.74. The lowest BCUT2D eigenvalue weighted by molar-refractivity contribution is -0.138. The molecule has 1 aliphatic rings. The maximum atomic E-state index is 12.1. The molecule has 0 bridgehead atoms. The summed E-state index contributed by atoms with van der Waals surface area (Å²) in [7, 11) is 0. The minimum atomic E-state index is -0.803. The number of carbonyl (C=O) groups is 2. The van der Waals surface area contributed by atoms with Gasteiger partial charge in [0.25, 0.3) is 0 Å². The third-order valence-electron chi connectivity index (χ3n) is 3.90. The Morgan fingerprint density at radius 1 is 1.33 bits per heavy atom. The molecule has 1 saturated heterocycles. The van der Waals surface area contributed by atoms with Gasteiger partial charge < -0.3 is 10.4 Å². The number of carbonyl (C=O) groups excluding carboxylic acids is 1. The molecule has 2 rings (SSSR count). The summed E-state index contributed by atoms with van der Waals surface area (Å²) in [4.78, 5) is 24.8. The van der Waals surface area contributed by atoms with Crippen LogP contribution in [0.2, 0.25) is 0 Å². The number of nitrogens with one attached hydrogen (secondary N) is 1. The average molecular weight is 290 g/mol. The first-order valence-corrected chi connectivity index (χ1v) is 7.43. The zero-order valence-corrected chi connectivity index (χ0v) is 12.3. The Labute approximate surface area is 125 Å². The summed E-state index contributed by atoms with van der Waals surface area (Å²) in [6.45, 7) is 3.14. The Morgan fingerprint density at radius 3 is 2.67 bits per heavy atom. The van der Waals surface area contributed by atoms with E-state index in [2.05, 4.69) is 12.2 Å². The van der Waals surface area contributed by atoms with Crippen molar-refractivity contribution in [1.29, 1.82) is 0 Å². The third kappa shape index (κ3) is 4.56. The predicted octanol–water partition coefficient (Wildman–Crippen LogP) is 2.13. The molecule has 0 saturated carbocycles. The Bertz CT molecular complexity index is 499. The van der Waals surface area contributed by atoms with Gasteiger partial charge in [0.05, 0.1) is 13.0 Å². The molecule has 0 aromatic heterocycles. The van der Waals surface area contributed by atoms with Crippen molar-refractivity contribution in [2.45, 2.75) is 38.6 Å². The van der Waals surface area contributed by atoms with Crippen LogP contribution in [-0.4, -0.2) is 41.0 Å². The van der Waals surface area contributed by atoms with Gasteiger partial charge in [0.15, 0.2) is 0 Å². The first-order valence-electron chi connectivity index (χ1n) is 7.43. The molecular formula is C16H22N2O3. The van der Waals surface area contributed by atoms with Crippen molar-refractivity contribution in [2.24, 2.45) is 0 Å². The highest BCUT2D eigenvalue weighted by molar-refractivity contribution is 5.92. The Morgan fingerprint density at radius 2 is 2.05 bits per heavy atom. The minimum absolute atomic E-state index is 0.0179. The molecule has 0 aliphatic carbocycles. The number of carboxylic acids is 1. The molecule has 5 nitrogen and oxygen atoms in total. The number of rotatable bonds is 6. The number of aryl methyl sites for hydroxylation is 1.